The molecule has 172 valence electrons. The molecule has 30 heavy (non-hydrogen) atoms. The first-order chi connectivity index (χ1) is 14.6. The van der Waals surface area contributed by atoms with Crippen LogP contribution < -0.4 is 5.32 Å². The van der Waals surface area contributed by atoms with Gasteiger partial charge in [0.15, 0.2) is 0 Å². The third-order valence-electron chi connectivity index (χ3n) is 5.17. The highest BCUT2D eigenvalue weighted by Crippen LogP contribution is 2.34. The first-order valence-corrected chi connectivity index (χ1v) is 15.1. The van der Waals surface area contributed by atoms with Gasteiger partial charge in [0.05, 0.1) is 10.9 Å². The number of carbonyl (C=O) groups excluding carboxylic acids is 1. The standard InChI is InChI=1S/C24H42N2OS3/c1-6-8-10-12-13-14-16-20(30-17-15-11-9-7-2)23(27)26-22-21(28-4)18-19(3)25-24(22)29-5/h18,20H,6-17H2,1-5H3,(H,26,27)/t20-/m1/s1. The molecule has 0 fully saturated rings. The van der Waals surface area contributed by atoms with Crippen LogP contribution in [0.2, 0.25) is 0 Å². The average Bonchev–Trinajstić information content (AvgIpc) is 2.75. The minimum absolute atomic E-state index is 0.0310. The van der Waals surface area contributed by atoms with Crippen molar-refractivity contribution < 1.29 is 4.79 Å². The maximum Gasteiger partial charge on any atom is 0.237 e. The Morgan fingerprint density at radius 2 is 1.60 bits per heavy atom. The molecule has 0 aliphatic carbocycles. The fourth-order valence-electron chi connectivity index (χ4n) is 3.40. The molecule has 0 aliphatic rings. The summed E-state index contributed by atoms with van der Waals surface area (Å²) < 4.78 is 0. The summed E-state index contributed by atoms with van der Waals surface area (Å²) in [5, 5.41) is 4.20. The molecule has 0 aliphatic heterocycles. The van der Waals surface area contributed by atoms with Crippen LogP contribution in [0.1, 0.15) is 90.2 Å². The predicted molar refractivity (Wildman–Crippen MR) is 140 cm³/mol. The van der Waals surface area contributed by atoms with Crippen LogP contribution in [0.25, 0.3) is 0 Å². The molecular formula is C24H42N2OS3. The average molecular weight is 471 g/mol. The summed E-state index contributed by atoms with van der Waals surface area (Å²) in [6, 6.07) is 2.07. The molecule has 1 amide bonds. The highest BCUT2D eigenvalue weighted by molar-refractivity contribution is 8.00. The smallest absolute Gasteiger partial charge is 0.237 e. The van der Waals surface area contributed by atoms with E-state index >= 15 is 0 Å². The molecule has 1 aromatic heterocycles. The lowest BCUT2D eigenvalue weighted by Crippen LogP contribution is -2.26. The van der Waals surface area contributed by atoms with Crippen LogP contribution in [0.15, 0.2) is 16.0 Å². The first kappa shape index (κ1) is 27.7. The van der Waals surface area contributed by atoms with Crippen molar-refractivity contribution in [3.05, 3.63) is 11.8 Å². The SMILES string of the molecule is CCCCCCCC[C@@H](SCCCCCC)C(=O)Nc1c(SC)cc(C)nc1SC. The number of aryl methyl sites for hydroxylation is 1. The number of amides is 1. The third-order valence-corrected chi connectivity index (χ3v) is 7.99. The molecule has 1 atom stereocenters. The van der Waals surface area contributed by atoms with E-state index < -0.39 is 0 Å². The van der Waals surface area contributed by atoms with E-state index in [0.29, 0.717) is 0 Å². The van der Waals surface area contributed by atoms with Gasteiger partial charge >= 0.3 is 0 Å². The van der Waals surface area contributed by atoms with Gasteiger partial charge < -0.3 is 5.32 Å². The van der Waals surface area contributed by atoms with E-state index in [4.69, 9.17) is 0 Å². The molecule has 1 rings (SSSR count). The van der Waals surface area contributed by atoms with Crippen molar-refractivity contribution in [3.63, 3.8) is 0 Å². The summed E-state index contributed by atoms with van der Waals surface area (Å²) in [5.74, 6) is 1.23. The van der Waals surface area contributed by atoms with E-state index in [0.717, 1.165) is 39.9 Å². The van der Waals surface area contributed by atoms with E-state index in [1.807, 2.05) is 24.9 Å². The van der Waals surface area contributed by atoms with Crippen molar-refractivity contribution in [2.24, 2.45) is 0 Å². The lowest BCUT2D eigenvalue weighted by atomic mass is 10.1. The Balaban J connectivity index is 2.75. The second-order valence-electron chi connectivity index (χ2n) is 7.82. The molecule has 1 N–H and O–H groups in total. The van der Waals surface area contributed by atoms with Gasteiger partial charge in [-0.05, 0) is 44.1 Å². The monoisotopic (exact) mass is 470 g/mol. The van der Waals surface area contributed by atoms with Crippen LogP contribution in [0, 0.1) is 6.92 Å². The molecule has 1 heterocycles. The van der Waals surface area contributed by atoms with Gasteiger partial charge in [-0.15, -0.1) is 35.3 Å². The van der Waals surface area contributed by atoms with Gasteiger partial charge in [-0.25, -0.2) is 4.98 Å². The number of pyridine rings is 1. The van der Waals surface area contributed by atoms with Crippen LogP contribution >= 0.6 is 35.3 Å². The summed E-state index contributed by atoms with van der Waals surface area (Å²) in [6.45, 7) is 6.50. The highest BCUT2D eigenvalue weighted by Gasteiger charge is 2.21. The number of unbranched alkanes of at least 4 members (excludes halogenated alkanes) is 8. The van der Waals surface area contributed by atoms with E-state index in [1.54, 1.807) is 23.5 Å². The maximum atomic E-state index is 13.2. The molecule has 6 heteroatoms. The Morgan fingerprint density at radius 3 is 2.23 bits per heavy atom. The Hall–Kier alpha value is -0.330. The van der Waals surface area contributed by atoms with Crippen LogP contribution in [0.5, 0.6) is 0 Å². The summed E-state index contributed by atoms with van der Waals surface area (Å²) in [6.07, 6.45) is 17.7. The topological polar surface area (TPSA) is 42.0 Å². The number of hydrogen-bond donors (Lipinski definition) is 1. The number of rotatable bonds is 17. The minimum atomic E-state index is 0.0310. The first-order valence-electron chi connectivity index (χ1n) is 11.6. The minimum Gasteiger partial charge on any atom is -0.322 e. The van der Waals surface area contributed by atoms with Gasteiger partial charge in [-0.1, -0.05) is 71.6 Å². The Bertz CT molecular complexity index is 585. The molecule has 0 unspecified atom stereocenters. The van der Waals surface area contributed by atoms with Gasteiger partial charge in [0.25, 0.3) is 0 Å². The number of nitrogens with zero attached hydrogens (tertiary/aromatic N) is 1. The Kier molecular flexibility index (Phi) is 15.9. The van der Waals surface area contributed by atoms with E-state index in [9.17, 15) is 4.79 Å². The quantitative estimate of drug-likeness (QED) is 0.183. The second kappa shape index (κ2) is 17.3. The highest BCUT2D eigenvalue weighted by atomic mass is 32.2. The normalized spacial score (nSPS) is 12.2. The van der Waals surface area contributed by atoms with Crippen molar-refractivity contribution in [2.75, 3.05) is 23.6 Å². The van der Waals surface area contributed by atoms with Crippen molar-refractivity contribution in [3.8, 4) is 0 Å². The summed E-state index contributed by atoms with van der Waals surface area (Å²) in [5.41, 5.74) is 1.89. The van der Waals surface area contributed by atoms with Crippen LogP contribution in [0.3, 0.4) is 0 Å². The zero-order chi connectivity index (χ0) is 22.2. The molecule has 3 nitrogen and oxygen atoms in total. The summed E-state index contributed by atoms with van der Waals surface area (Å²) in [4.78, 5) is 19.0. The number of anilines is 1. The number of nitrogens with one attached hydrogen (secondary N) is 1. The number of carbonyl (C=O) groups is 1. The lowest BCUT2D eigenvalue weighted by molar-refractivity contribution is -0.115. The zero-order valence-corrected chi connectivity index (χ0v) is 22.2. The molecule has 0 aromatic carbocycles. The molecule has 0 bridgehead atoms. The van der Waals surface area contributed by atoms with Gasteiger partial charge in [0.1, 0.15) is 5.03 Å². The van der Waals surface area contributed by atoms with Crippen LogP contribution in [0.4, 0.5) is 5.69 Å². The van der Waals surface area contributed by atoms with Crippen molar-refractivity contribution in [2.45, 2.75) is 107 Å². The van der Waals surface area contributed by atoms with E-state index in [1.165, 1.54) is 57.8 Å². The van der Waals surface area contributed by atoms with Crippen molar-refractivity contribution >= 4 is 46.9 Å². The Morgan fingerprint density at radius 1 is 0.967 bits per heavy atom. The second-order valence-corrected chi connectivity index (χ2v) is 10.8. The fraction of sp³-hybridized carbons (Fsp3) is 0.750. The molecule has 1 aromatic rings. The van der Waals surface area contributed by atoms with Crippen molar-refractivity contribution in [1.29, 1.82) is 0 Å². The Labute approximate surface area is 198 Å². The summed E-state index contributed by atoms with van der Waals surface area (Å²) >= 11 is 5.13. The van der Waals surface area contributed by atoms with E-state index in [-0.39, 0.29) is 11.2 Å². The van der Waals surface area contributed by atoms with Gasteiger partial charge in [-0.3, -0.25) is 4.79 Å². The van der Waals surface area contributed by atoms with E-state index in [2.05, 4.69) is 36.5 Å². The fourth-order valence-corrected chi connectivity index (χ4v) is 5.90. The number of hydrogen-bond acceptors (Lipinski definition) is 5. The zero-order valence-electron chi connectivity index (χ0n) is 19.7. The molecule has 0 radical (unpaired) electrons. The maximum absolute atomic E-state index is 13.2. The van der Waals surface area contributed by atoms with Crippen LogP contribution in [-0.2, 0) is 4.79 Å². The van der Waals surface area contributed by atoms with Crippen LogP contribution in [-0.4, -0.2) is 34.4 Å². The van der Waals surface area contributed by atoms with Gasteiger partial charge in [0, 0.05) is 10.6 Å². The van der Waals surface area contributed by atoms with Crippen molar-refractivity contribution in [1.82, 2.24) is 4.98 Å². The molecular weight excluding hydrogens is 428 g/mol. The predicted octanol–water partition coefficient (Wildman–Crippen LogP) is 8.21. The summed E-state index contributed by atoms with van der Waals surface area (Å²) in [7, 11) is 0. The molecule has 0 spiro atoms. The number of aromatic nitrogens is 1. The molecule has 0 saturated carbocycles. The van der Waals surface area contributed by atoms with Gasteiger partial charge in [0.2, 0.25) is 5.91 Å². The number of thioether (sulfide) groups is 3. The third kappa shape index (κ3) is 10.8. The van der Waals surface area contributed by atoms with Gasteiger partial charge in [-0.2, -0.15) is 0 Å². The molecule has 0 saturated heterocycles. The largest absolute Gasteiger partial charge is 0.322 e. The lowest BCUT2D eigenvalue weighted by Gasteiger charge is -2.19.